The number of morpholine rings is 1. The molecule has 0 saturated carbocycles. The van der Waals surface area contributed by atoms with Crippen LogP contribution in [0.4, 0.5) is 17.2 Å². The molecule has 1 aromatic heterocycles. The van der Waals surface area contributed by atoms with Crippen molar-refractivity contribution in [3.05, 3.63) is 54.4 Å². The molecule has 0 atom stereocenters. The lowest BCUT2D eigenvalue weighted by Crippen LogP contribution is -2.36. The highest BCUT2D eigenvalue weighted by atomic mass is 16.5. The Morgan fingerprint density at radius 3 is 2.50 bits per heavy atom. The Balaban J connectivity index is 1.60. The Bertz CT molecular complexity index is 968. The zero-order chi connectivity index (χ0) is 19.3. The van der Waals surface area contributed by atoms with Gasteiger partial charge in [-0.15, -0.1) is 0 Å². The SMILES string of the molecule is CC(=O)Nc1ccc(Nc2nc(CN3CCOCC3)nc3ccccc23)cc1. The second-order valence-electron chi connectivity index (χ2n) is 6.78. The third-order valence-corrected chi connectivity index (χ3v) is 4.59. The third-order valence-electron chi connectivity index (χ3n) is 4.59. The summed E-state index contributed by atoms with van der Waals surface area (Å²) in [5.74, 6) is 1.48. The number of benzene rings is 2. The minimum Gasteiger partial charge on any atom is -0.379 e. The van der Waals surface area contributed by atoms with E-state index in [9.17, 15) is 4.79 Å². The molecule has 0 aliphatic carbocycles. The molecule has 4 rings (SSSR count). The van der Waals surface area contributed by atoms with Gasteiger partial charge in [0, 0.05) is 36.8 Å². The number of carbonyl (C=O) groups is 1. The Morgan fingerprint density at radius 1 is 1.04 bits per heavy atom. The largest absolute Gasteiger partial charge is 0.379 e. The zero-order valence-electron chi connectivity index (χ0n) is 15.8. The van der Waals surface area contributed by atoms with Gasteiger partial charge in [0.2, 0.25) is 5.91 Å². The fourth-order valence-corrected chi connectivity index (χ4v) is 3.23. The molecule has 1 saturated heterocycles. The van der Waals surface area contributed by atoms with Crippen LogP contribution in [-0.4, -0.2) is 47.1 Å². The number of fused-ring (bicyclic) bond motifs is 1. The molecule has 2 heterocycles. The molecule has 1 amide bonds. The van der Waals surface area contributed by atoms with Crippen LogP contribution in [0.15, 0.2) is 48.5 Å². The molecule has 0 bridgehead atoms. The lowest BCUT2D eigenvalue weighted by Gasteiger charge is -2.26. The predicted octanol–water partition coefficient (Wildman–Crippen LogP) is 3.16. The van der Waals surface area contributed by atoms with E-state index in [0.717, 1.165) is 60.2 Å². The number of nitrogens with zero attached hydrogens (tertiary/aromatic N) is 3. The number of amides is 1. The molecule has 1 aliphatic heterocycles. The summed E-state index contributed by atoms with van der Waals surface area (Å²) in [5.41, 5.74) is 2.58. The molecular formula is C21H23N5O2. The number of nitrogens with one attached hydrogen (secondary N) is 2. The van der Waals surface area contributed by atoms with Gasteiger partial charge >= 0.3 is 0 Å². The Labute approximate surface area is 163 Å². The molecule has 1 fully saturated rings. The average Bonchev–Trinajstić information content (AvgIpc) is 2.70. The number of hydrogen-bond acceptors (Lipinski definition) is 6. The summed E-state index contributed by atoms with van der Waals surface area (Å²) in [5, 5.41) is 7.14. The van der Waals surface area contributed by atoms with Gasteiger partial charge in [0.1, 0.15) is 11.6 Å². The van der Waals surface area contributed by atoms with Gasteiger partial charge in [-0.1, -0.05) is 12.1 Å². The van der Waals surface area contributed by atoms with Crippen molar-refractivity contribution in [3.8, 4) is 0 Å². The lowest BCUT2D eigenvalue weighted by atomic mass is 10.2. The number of aromatic nitrogens is 2. The van der Waals surface area contributed by atoms with E-state index in [4.69, 9.17) is 14.7 Å². The van der Waals surface area contributed by atoms with Gasteiger partial charge in [-0.05, 0) is 36.4 Å². The van der Waals surface area contributed by atoms with E-state index in [0.29, 0.717) is 6.54 Å². The summed E-state index contributed by atoms with van der Waals surface area (Å²) < 4.78 is 5.42. The monoisotopic (exact) mass is 377 g/mol. The summed E-state index contributed by atoms with van der Waals surface area (Å²) in [6.45, 7) is 5.48. The molecule has 7 nitrogen and oxygen atoms in total. The van der Waals surface area contributed by atoms with Crippen molar-refractivity contribution >= 4 is 34.0 Å². The van der Waals surface area contributed by atoms with Crippen LogP contribution in [0.3, 0.4) is 0 Å². The van der Waals surface area contributed by atoms with Gasteiger partial charge < -0.3 is 15.4 Å². The number of carbonyl (C=O) groups excluding carboxylic acids is 1. The molecule has 0 spiro atoms. The minimum atomic E-state index is -0.0877. The topological polar surface area (TPSA) is 79.4 Å². The molecular weight excluding hydrogens is 354 g/mol. The minimum absolute atomic E-state index is 0.0877. The van der Waals surface area contributed by atoms with Crippen LogP contribution < -0.4 is 10.6 Å². The summed E-state index contributed by atoms with van der Waals surface area (Å²) >= 11 is 0. The first-order chi connectivity index (χ1) is 13.7. The quantitative estimate of drug-likeness (QED) is 0.711. The van der Waals surface area contributed by atoms with Crippen molar-refractivity contribution in [3.63, 3.8) is 0 Å². The summed E-state index contributed by atoms with van der Waals surface area (Å²) in [7, 11) is 0. The highest BCUT2D eigenvalue weighted by Gasteiger charge is 2.14. The smallest absolute Gasteiger partial charge is 0.221 e. The maximum absolute atomic E-state index is 11.2. The van der Waals surface area contributed by atoms with Crippen LogP contribution in [0.5, 0.6) is 0 Å². The number of para-hydroxylation sites is 1. The first kappa shape index (κ1) is 18.3. The number of hydrogen-bond donors (Lipinski definition) is 2. The van der Waals surface area contributed by atoms with E-state index in [-0.39, 0.29) is 5.91 Å². The first-order valence-electron chi connectivity index (χ1n) is 9.38. The van der Waals surface area contributed by atoms with Gasteiger partial charge in [0.05, 0.1) is 25.3 Å². The fourth-order valence-electron chi connectivity index (χ4n) is 3.23. The summed E-state index contributed by atoms with van der Waals surface area (Å²) in [6.07, 6.45) is 0. The van der Waals surface area contributed by atoms with Crippen molar-refractivity contribution in [2.75, 3.05) is 36.9 Å². The van der Waals surface area contributed by atoms with Gasteiger partial charge in [-0.3, -0.25) is 9.69 Å². The second kappa shape index (κ2) is 8.33. The molecule has 144 valence electrons. The lowest BCUT2D eigenvalue weighted by molar-refractivity contribution is -0.114. The van der Waals surface area contributed by atoms with Crippen molar-refractivity contribution in [1.82, 2.24) is 14.9 Å². The van der Waals surface area contributed by atoms with E-state index >= 15 is 0 Å². The zero-order valence-corrected chi connectivity index (χ0v) is 15.8. The van der Waals surface area contributed by atoms with Crippen LogP contribution in [0.1, 0.15) is 12.7 Å². The van der Waals surface area contributed by atoms with Gasteiger partial charge in [0.15, 0.2) is 0 Å². The third kappa shape index (κ3) is 4.44. The summed E-state index contributed by atoms with van der Waals surface area (Å²) in [4.78, 5) is 23.0. The van der Waals surface area contributed by atoms with E-state index in [1.165, 1.54) is 6.92 Å². The maximum Gasteiger partial charge on any atom is 0.221 e. The van der Waals surface area contributed by atoms with Gasteiger partial charge in [-0.2, -0.15) is 0 Å². The second-order valence-corrected chi connectivity index (χ2v) is 6.78. The number of anilines is 3. The Kier molecular flexibility index (Phi) is 5.45. The molecule has 2 aromatic carbocycles. The van der Waals surface area contributed by atoms with E-state index < -0.39 is 0 Å². The first-order valence-corrected chi connectivity index (χ1v) is 9.38. The maximum atomic E-state index is 11.2. The highest BCUT2D eigenvalue weighted by Crippen LogP contribution is 2.25. The fraction of sp³-hybridized carbons (Fsp3) is 0.286. The Morgan fingerprint density at radius 2 is 1.75 bits per heavy atom. The van der Waals surface area contributed by atoms with Crippen molar-refractivity contribution in [2.45, 2.75) is 13.5 Å². The van der Waals surface area contributed by atoms with E-state index in [2.05, 4.69) is 15.5 Å². The molecule has 1 aliphatic rings. The molecule has 0 radical (unpaired) electrons. The van der Waals surface area contributed by atoms with E-state index in [1.807, 2.05) is 48.5 Å². The molecule has 3 aromatic rings. The highest BCUT2D eigenvalue weighted by molar-refractivity contribution is 5.91. The summed E-state index contributed by atoms with van der Waals surface area (Å²) in [6, 6.07) is 15.6. The van der Waals surface area contributed by atoms with Crippen molar-refractivity contribution in [1.29, 1.82) is 0 Å². The Hall–Kier alpha value is -3.03. The molecule has 28 heavy (non-hydrogen) atoms. The van der Waals surface area contributed by atoms with Gasteiger partial charge in [-0.25, -0.2) is 9.97 Å². The van der Waals surface area contributed by atoms with Crippen LogP contribution in [0.2, 0.25) is 0 Å². The number of rotatable bonds is 5. The van der Waals surface area contributed by atoms with Crippen molar-refractivity contribution < 1.29 is 9.53 Å². The molecule has 2 N–H and O–H groups in total. The predicted molar refractivity (Wildman–Crippen MR) is 110 cm³/mol. The standard InChI is InChI=1S/C21H23N5O2/c1-15(27)22-16-6-8-17(9-7-16)23-21-18-4-2-3-5-19(18)24-20(25-21)14-26-10-12-28-13-11-26/h2-9H,10-14H2,1H3,(H,22,27)(H,23,24,25). The van der Waals surface area contributed by atoms with Crippen molar-refractivity contribution in [2.24, 2.45) is 0 Å². The number of ether oxygens (including phenoxy) is 1. The molecule has 0 unspecified atom stereocenters. The molecule has 7 heteroatoms. The van der Waals surface area contributed by atoms with Crippen LogP contribution >= 0.6 is 0 Å². The van der Waals surface area contributed by atoms with Crippen LogP contribution in [-0.2, 0) is 16.1 Å². The van der Waals surface area contributed by atoms with Crippen LogP contribution in [0, 0.1) is 0 Å². The average molecular weight is 377 g/mol. The van der Waals surface area contributed by atoms with Gasteiger partial charge in [0.25, 0.3) is 0 Å². The normalized spacial score (nSPS) is 14.8. The van der Waals surface area contributed by atoms with Crippen LogP contribution in [0.25, 0.3) is 10.9 Å². The van der Waals surface area contributed by atoms with E-state index in [1.54, 1.807) is 0 Å².